The van der Waals surface area contributed by atoms with E-state index in [0.717, 1.165) is 11.8 Å². The van der Waals surface area contributed by atoms with Crippen molar-refractivity contribution in [2.75, 3.05) is 13.7 Å². The molecule has 0 aliphatic carbocycles. The summed E-state index contributed by atoms with van der Waals surface area (Å²) in [5.41, 5.74) is 0.501. The predicted molar refractivity (Wildman–Crippen MR) is 80.5 cm³/mol. The number of rotatable bonds is 7. The maximum atomic E-state index is 12.4. The molecule has 2 rings (SSSR count). The Morgan fingerprint density at radius 2 is 2.09 bits per heavy atom. The number of ether oxygens (including phenoxy) is 1. The normalized spacial score (nSPS) is 11.2. The fraction of sp³-hybridized carbons (Fsp3) is 0.200. The minimum absolute atomic E-state index is 0.0559. The average Bonchev–Trinajstić information content (AvgIpc) is 2.55. The Bertz CT molecular complexity index is 791. The van der Waals surface area contributed by atoms with Gasteiger partial charge in [-0.05, 0) is 35.9 Å². The Kier molecular flexibility index (Phi) is 5.30. The Labute approximate surface area is 134 Å². The molecule has 0 aliphatic rings. The van der Waals surface area contributed by atoms with E-state index in [-0.39, 0.29) is 22.8 Å². The summed E-state index contributed by atoms with van der Waals surface area (Å²) in [6.45, 7) is 0.123. The van der Waals surface area contributed by atoms with Crippen LogP contribution < -0.4 is 14.6 Å². The maximum Gasteiger partial charge on any atom is 0.244 e. The first-order valence-electron chi connectivity index (χ1n) is 6.73. The number of aromatic nitrogens is 1. The second-order valence-electron chi connectivity index (χ2n) is 4.62. The van der Waals surface area contributed by atoms with Crippen LogP contribution in [0.2, 0.25) is 0 Å². The highest BCUT2D eigenvalue weighted by molar-refractivity contribution is 7.89. The van der Waals surface area contributed by atoms with Gasteiger partial charge in [0.15, 0.2) is 0 Å². The van der Waals surface area contributed by atoms with Crippen molar-refractivity contribution in [2.24, 2.45) is 0 Å². The number of nitrogens with one attached hydrogen (secondary N) is 1. The van der Waals surface area contributed by atoms with Gasteiger partial charge < -0.3 is 14.6 Å². The van der Waals surface area contributed by atoms with Gasteiger partial charge in [-0.15, -0.1) is 0 Å². The summed E-state index contributed by atoms with van der Waals surface area (Å²) in [7, 11) is -2.62. The quantitative estimate of drug-likeness (QED) is 0.761. The lowest BCUT2D eigenvalue weighted by atomic mass is 10.2. The highest BCUT2D eigenvalue weighted by Gasteiger charge is 2.20. The van der Waals surface area contributed by atoms with Gasteiger partial charge in [0.1, 0.15) is 10.6 Å². The lowest BCUT2D eigenvalue weighted by Crippen LogP contribution is -2.28. The van der Waals surface area contributed by atoms with Gasteiger partial charge in [0, 0.05) is 24.9 Å². The molecular formula is C15H15N2O5S-. The molecule has 2 aromatic rings. The van der Waals surface area contributed by atoms with Gasteiger partial charge in [-0.25, -0.2) is 13.1 Å². The largest absolute Gasteiger partial charge is 0.545 e. The smallest absolute Gasteiger partial charge is 0.244 e. The number of carbonyl (C=O) groups is 1. The molecule has 1 aromatic heterocycles. The number of methoxy groups -OCH3 is 1. The molecule has 0 unspecified atom stereocenters. The van der Waals surface area contributed by atoms with Crippen molar-refractivity contribution in [3.63, 3.8) is 0 Å². The summed E-state index contributed by atoms with van der Waals surface area (Å²) >= 11 is 0. The third-order valence-corrected chi connectivity index (χ3v) is 4.57. The Balaban J connectivity index is 2.18. The first-order valence-corrected chi connectivity index (χ1v) is 8.21. The van der Waals surface area contributed by atoms with Crippen molar-refractivity contribution in [1.29, 1.82) is 0 Å². The third kappa shape index (κ3) is 4.27. The van der Waals surface area contributed by atoms with Crippen LogP contribution in [-0.2, 0) is 16.4 Å². The van der Waals surface area contributed by atoms with E-state index in [4.69, 9.17) is 4.74 Å². The summed E-state index contributed by atoms with van der Waals surface area (Å²) in [4.78, 5) is 14.8. The number of benzene rings is 1. The van der Waals surface area contributed by atoms with Crippen molar-refractivity contribution in [3.05, 3.63) is 53.9 Å². The first kappa shape index (κ1) is 16.9. The van der Waals surface area contributed by atoms with E-state index >= 15 is 0 Å². The van der Waals surface area contributed by atoms with Crippen molar-refractivity contribution < 1.29 is 23.1 Å². The van der Waals surface area contributed by atoms with Gasteiger partial charge in [0.25, 0.3) is 0 Å². The van der Waals surface area contributed by atoms with Crippen molar-refractivity contribution in [2.45, 2.75) is 11.3 Å². The van der Waals surface area contributed by atoms with E-state index < -0.39 is 16.0 Å². The average molecular weight is 335 g/mol. The Hall–Kier alpha value is -2.45. The molecule has 8 heteroatoms. The number of carboxylic acid groups (broad SMARTS) is 1. The van der Waals surface area contributed by atoms with Gasteiger partial charge >= 0.3 is 0 Å². The molecule has 0 radical (unpaired) electrons. The number of pyridine rings is 1. The van der Waals surface area contributed by atoms with Crippen LogP contribution in [0.4, 0.5) is 0 Å². The molecule has 122 valence electrons. The lowest BCUT2D eigenvalue weighted by molar-refractivity contribution is -0.255. The fourth-order valence-electron chi connectivity index (χ4n) is 1.95. The van der Waals surface area contributed by atoms with Crippen LogP contribution in [-0.4, -0.2) is 33.0 Å². The molecule has 1 N–H and O–H groups in total. The van der Waals surface area contributed by atoms with Crippen LogP contribution in [0.15, 0.2) is 47.5 Å². The molecule has 0 fully saturated rings. The minimum Gasteiger partial charge on any atom is -0.545 e. The van der Waals surface area contributed by atoms with Gasteiger partial charge in [-0.3, -0.25) is 4.98 Å². The molecule has 1 aromatic carbocycles. The molecule has 0 aliphatic heterocycles. The van der Waals surface area contributed by atoms with Gasteiger partial charge in [0.05, 0.1) is 13.1 Å². The standard InChI is InChI=1S/C15H16N2O5S/c1-22-13-6-5-11(15(18)19)10-14(13)23(20,21)17-9-7-12-4-2-3-8-16-12/h2-6,8,10,17H,7,9H2,1H3,(H,18,19)/p-1. The zero-order valence-corrected chi connectivity index (χ0v) is 13.2. The summed E-state index contributed by atoms with van der Waals surface area (Å²) in [5, 5.41) is 10.9. The number of hydrogen-bond donors (Lipinski definition) is 1. The zero-order chi connectivity index (χ0) is 16.9. The topological polar surface area (TPSA) is 108 Å². The first-order chi connectivity index (χ1) is 10.9. The fourth-order valence-corrected chi connectivity index (χ4v) is 3.18. The summed E-state index contributed by atoms with van der Waals surface area (Å²) in [6.07, 6.45) is 2.03. The van der Waals surface area contributed by atoms with Crippen LogP contribution in [0, 0.1) is 0 Å². The molecule has 1 heterocycles. The molecule has 0 amide bonds. The van der Waals surface area contributed by atoms with Crippen molar-refractivity contribution in [3.8, 4) is 5.75 Å². The monoisotopic (exact) mass is 335 g/mol. The molecule has 0 atom stereocenters. The molecule has 0 spiro atoms. The van der Waals surface area contributed by atoms with Crippen LogP contribution in [0.5, 0.6) is 5.75 Å². The molecule has 23 heavy (non-hydrogen) atoms. The second-order valence-corrected chi connectivity index (χ2v) is 6.36. The summed E-state index contributed by atoms with van der Waals surface area (Å²) < 4.78 is 32.1. The third-order valence-electron chi connectivity index (χ3n) is 3.09. The molecular weight excluding hydrogens is 320 g/mol. The summed E-state index contributed by atoms with van der Waals surface area (Å²) in [6, 6.07) is 8.87. The Morgan fingerprint density at radius 3 is 2.70 bits per heavy atom. The maximum absolute atomic E-state index is 12.4. The number of aromatic carboxylic acids is 1. The van der Waals surface area contributed by atoms with Crippen LogP contribution in [0.25, 0.3) is 0 Å². The van der Waals surface area contributed by atoms with Crippen LogP contribution >= 0.6 is 0 Å². The summed E-state index contributed by atoms with van der Waals surface area (Å²) in [5.74, 6) is -1.40. The highest BCUT2D eigenvalue weighted by Crippen LogP contribution is 2.24. The van der Waals surface area contributed by atoms with Crippen LogP contribution in [0.3, 0.4) is 0 Å². The van der Waals surface area contributed by atoms with E-state index in [0.29, 0.717) is 6.42 Å². The van der Waals surface area contributed by atoms with E-state index in [9.17, 15) is 18.3 Å². The van der Waals surface area contributed by atoms with Crippen LogP contribution in [0.1, 0.15) is 16.1 Å². The minimum atomic E-state index is -3.92. The number of carbonyl (C=O) groups excluding carboxylic acids is 1. The van der Waals surface area contributed by atoms with Crippen molar-refractivity contribution >= 4 is 16.0 Å². The SMILES string of the molecule is COc1ccc(C(=O)[O-])cc1S(=O)(=O)NCCc1ccccn1. The molecule has 0 saturated heterocycles. The van der Waals surface area contributed by atoms with E-state index in [2.05, 4.69) is 9.71 Å². The second kappa shape index (κ2) is 7.21. The number of hydrogen-bond acceptors (Lipinski definition) is 6. The van der Waals surface area contributed by atoms with Crippen molar-refractivity contribution in [1.82, 2.24) is 9.71 Å². The zero-order valence-electron chi connectivity index (χ0n) is 12.4. The predicted octanol–water partition coefficient (Wildman–Crippen LogP) is -0.0253. The number of sulfonamides is 1. The molecule has 0 saturated carbocycles. The van der Waals surface area contributed by atoms with E-state index in [1.54, 1.807) is 18.3 Å². The van der Waals surface area contributed by atoms with Gasteiger partial charge in [-0.1, -0.05) is 6.07 Å². The van der Waals surface area contributed by atoms with Gasteiger partial charge in [0.2, 0.25) is 10.0 Å². The lowest BCUT2D eigenvalue weighted by Gasteiger charge is -2.12. The van der Waals surface area contributed by atoms with E-state index in [1.165, 1.54) is 19.2 Å². The molecule has 0 bridgehead atoms. The molecule has 7 nitrogen and oxygen atoms in total. The number of carboxylic acids is 1. The van der Waals surface area contributed by atoms with E-state index in [1.807, 2.05) is 6.07 Å². The van der Waals surface area contributed by atoms with Gasteiger partial charge in [-0.2, -0.15) is 0 Å². The number of nitrogens with zero attached hydrogens (tertiary/aromatic N) is 1. The highest BCUT2D eigenvalue weighted by atomic mass is 32.2. The Morgan fingerprint density at radius 1 is 1.30 bits per heavy atom.